The molecule has 0 radical (unpaired) electrons. The van der Waals surface area contributed by atoms with Gasteiger partial charge in [-0.2, -0.15) is 0 Å². The predicted molar refractivity (Wildman–Crippen MR) is 121 cm³/mol. The first kappa shape index (κ1) is 25.6. The second kappa shape index (κ2) is 11.8. The molecule has 3 amide bonds. The van der Waals surface area contributed by atoms with E-state index in [1.165, 1.54) is 12.1 Å². The van der Waals surface area contributed by atoms with Crippen molar-refractivity contribution < 1.29 is 28.6 Å². The molecule has 2 unspecified atom stereocenters. The molecule has 0 aromatic heterocycles. The maximum absolute atomic E-state index is 13.2. The molecule has 1 aromatic rings. The highest BCUT2D eigenvalue weighted by molar-refractivity contribution is 6.19. The van der Waals surface area contributed by atoms with Gasteiger partial charge in [0, 0.05) is 31.8 Å². The lowest BCUT2D eigenvalue weighted by Gasteiger charge is -2.36. The van der Waals surface area contributed by atoms with Crippen LogP contribution >= 0.6 is 0 Å². The van der Waals surface area contributed by atoms with Crippen LogP contribution in [0.5, 0.6) is 0 Å². The van der Waals surface area contributed by atoms with Crippen molar-refractivity contribution in [1.82, 2.24) is 16.0 Å². The molecule has 0 bridgehead atoms. The number of likely N-dealkylation sites (N-methyl/N-ethyl adjacent to an activating group) is 1. The standard InChI is InChI=1S/C21H24FN3O4.C2H5NO/c1-4-23-20(27)15-18(26)16-17(25-21(15)28)19(29-11(2)3)13(10-24-16)9-12-5-7-14(22)8-6-12;1-3-2-4/h5-8,10-11,16-17,26H,4,9H2,1-3H3,(H,23,27)(H,25,28);2H,1H3,(H,3,4). The number of hydrogen-bond donors (Lipinski definition) is 4. The van der Waals surface area contributed by atoms with E-state index < -0.39 is 23.9 Å². The SMILES string of the molecule is CCNC(=O)C1=C(O)C2N=CC(Cc3ccc(F)cc3)=C(OC(C)C)C2NC1=O.CNC=O. The predicted octanol–water partition coefficient (Wildman–Crippen LogP) is 1.31. The fourth-order valence-electron chi connectivity index (χ4n) is 3.34. The number of aliphatic imine (C=N–C) groups is 1. The van der Waals surface area contributed by atoms with Crippen molar-refractivity contribution in [2.75, 3.05) is 13.6 Å². The number of hydrogen-bond acceptors (Lipinski definition) is 6. The summed E-state index contributed by atoms with van der Waals surface area (Å²) in [5.41, 5.74) is 1.22. The lowest BCUT2D eigenvalue weighted by Crippen LogP contribution is -2.54. The molecular weight excluding hydrogens is 431 g/mol. The highest BCUT2D eigenvalue weighted by atomic mass is 19.1. The van der Waals surface area contributed by atoms with Crippen molar-refractivity contribution in [3.05, 3.63) is 58.3 Å². The average Bonchev–Trinajstić information content (AvgIpc) is 2.77. The van der Waals surface area contributed by atoms with Crippen LogP contribution in [-0.4, -0.2) is 61.3 Å². The topological polar surface area (TPSA) is 129 Å². The lowest BCUT2D eigenvalue weighted by atomic mass is 9.89. The summed E-state index contributed by atoms with van der Waals surface area (Å²) in [7, 11) is 1.56. The first-order chi connectivity index (χ1) is 15.7. The Hall–Kier alpha value is -3.69. The third-order valence-electron chi connectivity index (χ3n) is 4.71. The Balaban J connectivity index is 0.000000890. The van der Waals surface area contributed by atoms with Crippen LogP contribution in [-0.2, 0) is 25.5 Å². The molecule has 3 rings (SSSR count). The van der Waals surface area contributed by atoms with Gasteiger partial charge in [0.2, 0.25) is 6.41 Å². The number of dihydropyridines is 1. The summed E-state index contributed by atoms with van der Waals surface area (Å²) in [5, 5.41) is 18.1. The molecule has 1 aromatic carbocycles. The first-order valence-electron chi connectivity index (χ1n) is 10.5. The average molecular weight is 461 g/mol. The van der Waals surface area contributed by atoms with Gasteiger partial charge in [0.1, 0.15) is 35.0 Å². The van der Waals surface area contributed by atoms with Gasteiger partial charge in [-0.15, -0.1) is 0 Å². The number of carbonyl (C=O) groups excluding carboxylic acids is 3. The van der Waals surface area contributed by atoms with E-state index in [1.807, 2.05) is 13.8 Å². The summed E-state index contributed by atoms with van der Waals surface area (Å²) in [6.07, 6.45) is 2.43. The van der Waals surface area contributed by atoms with Gasteiger partial charge >= 0.3 is 0 Å². The number of allylic oxidation sites excluding steroid dienone is 1. The van der Waals surface area contributed by atoms with Gasteiger partial charge in [0.15, 0.2) is 0 Å². The van der Waals surface area contributed by atoms with Crippen LogP contribution in [0.3, 0.4) is 0 Å². The van der Waals surface area contributed by atoms with E-state index in [0.717, 1.165) is 5.56 Å². The molecule has 2 aliphatic heterocycles. The zero-order chi connectivity index (χ0) is 24.5. The van der Waals surface area contributed by atoms with Crippen molar-refractivity contribution in [3.63, 3.8) is 0 Å². The largest absolute Gasteiger partial charge is 0.509 e. The molecule has 0 fully saturated rings. The third kappa shape index (κ3) is 6.41. The van der Waals surface area contributed by atoms with Gasteiger partial charge in [-0.25, -0.2) is 4.39 Å². The van der Waals surface area contributed by atoms with E-state index in [9.17, 15) is 19.1 Å². The minimum absolute atomic E-state index is 0.187. The first-order valence-corrected chi connectivity index (χ1v) is 10.5. The summed E-state index contributed by atoms with van der Waals surface area (Å²) >= 11 is 0. The Kier molecular flexibility index (Phi) is 9.14. The molecule has 0 saturated heterocycles. The molecular formula is C23H29FN4O5. The van der Waals surface area contributed by atoms with E-state index in [2.05, 4.69) is 20.9 Å². The zero-order valence-corrected chi connectivity index (χ0v) is 19.0. The second-order valence-electron chi connectivity index (χ2n) is 7.56. The summed E-state index contributed by atoms with van der Waals surface area (Å²) in [6, 6.07) is 4.49. The fraction of sp³-hybridized carbons (Fsp3) is 0.391. The number of fused-ring (bicyclic) bond motifs is 1. The molecule has 10 heteroatoms. The van der Waals surface area contributed by atoms with Gasteiger partial charge in [-0.05, 0) is 38.5 Å². The number of nitrogens with one attached hydrogen (secondary N) is 3. The summed E-state index contributed by atoms with van der Waals surface area (Å²) in [5.74, 6) is -1.57. The van der Waals surface area contributed by atoms with Crippen LogP contribution in [0.15, 0.2) is 51.9 Å². The number of benzene rings is 1. The Morgan fingerprint density at radius 1 is 1.33 bits per heavy atom. The molecule has 0 saturated carbocycles. The quantitative estimate of drug-likeness (QED) is 0.360. The Bertz CT molecular complexity index is 970. The van der Waals surface area contributed by atoms with Crippen LogP contribution in [0.1, 0.15) is 26.3 Å². The Morgan fingerprint density at radius 2 is 1.97 bits per heavy atom. The van der Waals surface area contributed by atoms with Crippen molar-refractivity contribution in [1.29, 1.82) is 0 Å². The molecule has 33 heavy (non-hydrogen) atoms. The number of rotatable bonds is 7. The van der Waals surface area contributed by atoms with Crippen LogP contribution < -0.4 is 16.0 Å². The Morgan fingerprint density at radius 3 is 2.52 bits per heavy atom. The van der Waals surface area contributed by atoms with Crippen LogP contribution in [0.25, 0.3) is 0 Å². The monoisotopic (exact) mass is 460 g/mol. The van der Waals surface area contributed by atoms with E-state index in [1.54, 1.807) is 32.3 Å². The molecule has 178 valence electrons. The zero-order valence-electron chi connectivity index (χ0n) is 19.0. The van der Waals surface area contributed by atoms with Crippen LogP contribution in [0.4, 0.5) is 4.39 Å². The highest BCUT2D eigenvalue weighted by Gasteiger charge is 2.43. The number of ether oxygens (including phenoxy) is 1. The third-order valence-corrected chi connectivity index (χ3v) is 4.71. The summed E-state index contributed by atoms with van der Waals surface area (Å²) < 4.78 is 19.2. The van der Waals surface area contributed by atoms with Gasteiger partial charge in [-0.1, -0.05) is 12.1 Å². The number of nitrogens with zero attached hydrogens (tertiary/aromatic N) is 1. The number of carbonyl (C=O) groups is 3. The van der Waals surface area contributed by atoms with Gasteiger partial charge < -0.3 is 25.8 Å². The number of halogens is 1. The lowest BCUT2D eigenvalue weighted by molar-refractivity contribution is -0.125. The highest BCUT2D eigenvalue weighted by Crippen LogP contribution is 2.30. The van der Waals surface area contributed by atoms with E-state index >= 15 is 0 Å². The van der Waals surface area contributed by atoms with Gasteiger partial charge in [-0.3, -0.25) is 19.4 Å². The molecule has 4 N–H and O–H groups in total. The van der Waals surface area contributed by atoms with E-state index in [4.69, 9.17) is 9.53 Å². The summed E-state index contributed by atoms with van der Waals surface area (Å²) in [4.78, 5) is 38.2. The molecule has 0 spiro atoms. The smallest absolute Gasteiger partial charge is 0.261 e. The second-order valence-corrected chi connectivity index (χ2v) is 7.56. The van der Waals surface area contributed by atoms with Crippen molar-refractivity contribution in [3.8, 4) is 0 Å². The van der Waals surface area contributed by atoms with Crippen molar-refractivity contribution >= 4 is 24.4 Å². The van der Waals surface area contributed by atoms with E-state index in [0.29, 0.717) is 30.7 Å². The maximum Gasteiger partial charge on any atom is 0.261 e. The van der Waals surface area contributed by atoms with Crippen LogP contribution in [0, 0.1) is 5.82 Å². The fourth-order valence-corrected chi connectivity index (χ4v) is 3.34. The Labute approximate surface area is 191 Å². The van der Waals surface area contributed by atoms with Crippen molar-refractivity contribution in [2.24, 2.45) is 4.99 Å². The van der Waals surface area contributed by atoms with Gasteiger partial charge in [0.05, 0.1) is 6.10 Å². The minimum atomic E-state index is -0.851. The number of aliphatic hydroxyl groups is 1. The van der Waals surface area contributed by atoms with Gasteiger partial charge in [0.25, 0.3) is 11.8 Å². The maximum atomic E-state index is 13.2. The molecule has 2 atom stereocenters. The normalized spacial score (nSPS) is 19.3. The minimum Gasteiger partial charge on any atom is -0.509 e. The molecule has 0 aliphatic carbocycles. The molecule has 9 nitrogen and oxygen atoms in total. The number of amides is 3. The van der Waals surface area contributed by atoms with Crippen molar-refractivity contribution in [2.45, 2.75) is 45.4 Å². The van der Waals surface area contributed by atoms with Crippen LogP contribution in [0.2, 0.25) is 0 Å². The molecule has 2 heterocycles. The summed E-state index contributed by atoms with van der Waals surface area (Å²) in [6.45, 7) is 5.74. The number of aliphatic hydroxyl groups excluding tert-OH is 1. The van der Waals surface area contributed by atoms with E-state index in [-0.39, 0.29) is 23.3 Å². The molecule has 2 aliphatic rings.